The molecule has 3 fully saturated rings. The van der Waals surface area contributed by atoms with Gasteiger partial charge in [-0.2, -0.15) is 15.2 Å². The number of hydrogen-bond donors (Lipinski definition) is 0. The number of piperazine rings is 1. The van der Waals surface area contributed by atoms with E-state index in [1.807, 2.05) is 29.2 Å². The number of ether oxygens (including phenoxy) is 1. The molecule has 8 nitrogen and oxygen atoms in total. The molecule has 45 heavy (non-hydrogen) atoms. The maximum Gasteiger partial charge on any atom is 0.319 e. The van der Waals surface area contributed by atoms with Gasteiger partial charge < -0.3 is 14.5 Å². The molecule has 0 N–H and O–H groups in total. The first-order valence-electron chi connectivity index (χ1n) is 16.1. The van der Waals surface area contributed by atoms with Gasteiger partial charge in [0.15, 0.2) is 11.6 Å². The number of fused-ring (bicyclic) bond motifs is 3. The third-order valence-corrected chi connectivity index (χ3v) is 10.3. The zero-order valence-corrected chi connectivity index (χ0v) is 25.5. The summed E-state index contributed by atoms with van der Waals surface area (Å²) in [5.74, 6) is -1.81. The lowest BCUT2D eigenvalue weighted by Crippen LogP contribution is -2.55. The van der Waals surface area contributed by atoms with Crippen molar-refractivity contribution < 1.29 is 18.3 Å². The van der Waals surface area contributed by atoms with Crippen molar-refractivity contribution in [3.05, 3.63) is 59.7 Å². The zero-order chi connectivity index (χ0) is 31.1. The molecule has 0 bridgehead atoms. The Labute approximate surface area is 262 Å². The fraction of sp³-hybridized carbons (Fsp3) is 0.486. The van der Waals surface area contributed by atoms with Crippen LogP contribution in [0.25, 0.3) is 22.0 Å². The number of rotatable bonds is 7. The molecule has 1 aliphatic carbocycles. The lowest BCUT2D eigenvalue weighted by atomic mass is 9.85. The molecule has 2 aromatic carbocycles. The molecular weight excluding hydrogens is 574 g/mol. The summed E-state index contributed by atoms with van der Waals surface area (Å²) in [7, 11) is 0. The van der Waals surface area contributed by atoms with Crippen LogP contribution in [0.15, 0.2) is 42.7 Å². The lowest BCUT2D eigenvalue weighted by Gasteiger charge is -2.41. The summed E-state index contributed by atoms with van der Waals surface area (Å²) < 4.78 is 36.9. The number of benzene rings is 2. The fourth-order valence-electron chi connectivity index (χ4n) is 8.08. The van der Waals surface area contributed by atoms with Crippen LogP contribution in [0, 0.1) is 17.1 Å². The Hall–Kier alpha value is -4.10. The van der Waals surface area contributed by atoms with Crippen LogP contribution in [0.2, 0.25) is 0 Å². The summed E-state index contributed by atoms with van der Waals surface area (Å²) in [6, 6.07) is 11.5. The number of nitrogens with zero attached hydrogens (tertiary/aromatic N) is 6. The molecule has 0 spiro atoms. The summed E-state index contributed by atoms with van der Waals surface area (Å²) in [6.45, 7) is 6.43. The molecule has 3 saturated heterocycles. The molecule has 3 aliphatic heterocycles. The monoisotopic (exact) mass is 612 g/mol. The number of aromatic nitrogens is 2. The highest BCUT2D eigenvalue weighted by molar-refractivity contribution is 5.94. The number of nitriles is 1. The minimum Gasteiger partial charge on any atom is -0.461 e. The highest BCUT2D eigenvalue weighted by Crippen LogP contribution is 2.41. The quantitative estimate of drug-likeness (QED) is 0.315. The molecule has 3 aromatic rings. The predicted molar refractivity (Wildman–Crippen MR) is 168 cm³/mol. The normalized spacial score (nSPS) is 21.0. The van der Waals surface area contributed by atoms with Gasteiger partial charge in [-0.05, 0) is 87.2 Å². The van der Waals surface area contributed by atoms with E-state index < -0.39 is 23.6 Å². The molecule has 1 aromatic heterocycles. The van der Waals surface area contributed by atoms with Crippen molar-refractivity contribution in [2.75, 3.05) is 44.2 Å². The van der Waals surface area contributed by atoms with Crippen molar-refractivity contribution in [3.63, 3.8) is 0 Å². The standard InChI is InChI=1S/C35H38F2N6O2/c1-23(36)33(44)43-20-19-41(21-25(43)13-16-38)32-29-12-11-28(27-10-4-8-24-7-2-3-9-26(24)27)30(37)31(29)39-34(40-32)45-22-35-14-5-17-42(35)18-6-15-35/h4,8,10-12,25H,1-3,5-7,9,13-15,17-22H2/t25-/m0/s1. The zero-order valence-electron chi connectivity index (χ0n) is 25.5. The first kappa shape index (κ1) is 29.6. The molecule has 1 atom stereocenters. The maximum absolute atomic E-state index is 16.7. The van der Waals surface area contributed by atoms with Gasteiger partial charge in [0.1, 0.15) is 17.9 Å². The van der Waals surface area contributed by atoms with Crippen molar-refractivity contribution in [2.45, 2.75) is 69.4 Å². The molecule has 7 rings (SSSR count). The van der Waals surface area contributed by atoms with Crippen molar-refractivity contribution in [3.8, 4) is 23.2 Å². The number of carbonyl (C=O) groups is 1. The summed E-state index contributed by atoms with van der Waals surface area (Å²) in [6.07, 6.45) is 8.50. The Morgan fingerprint density at radius 3 is 2.62 bits per heavy atom. The van der Waals surface area contributed by atoms with E-state index in [2.05, 4.69) is 23.6 Å². The smallest absolute Gasteiger partial charge is 0.319 e. The predicted octanol–water partition coefficient (Wildman–Crippen LogP) is 5.74. The second-order valence-corrected chi connectivity index (χ2v) is 12.9. The van der Waals surface area contributed by atoms with E-state index >= 15 is 4.39 Å². The third kappa shape index (κ3) is 5.31. The van der Waals surface area contributed by atoms with Gasteiger partial charge in [-0.25, -0.2) is 8.78 Å². The van der Waals surface area contributed by atoms with E-state index in [0.29, 0.717) is 29.9 Å². The molecular formula is C35H38F2N6O2. The number of halogens is 2. The largest absolute Gasteiger partial charge is 0.461 e. The van der Waals surface area contributed by atoms with Crippen LogP contribution >= 0.6 is 0 Å². The van der Waals surface area contributed by atoms with Gasteiger partial charge in [-0.1, -0.05) is 30.8 Å². The van der Waals surface area contributed by atoms with Crippen molar-refractivity contribution >= 4 is 22.6 Å². The van der Waals surface area contributed by atoms with Crippen LogP contribution in [0.3, 0.4) is 0 Å². The van der Waals surface area contributed by atoms with E-state index in [9.17, 15) is 14.4 Å². The Kier molecular flexibility index (Phi) is 7.90. The number of amides is 1. The van der Waals surface area contributed by atoms with Crippen molar-refractivity contribution in [1.82, 2.24) is 19.8 Å². The van der Waals surface area contributed by atoms with Gasteiger partial charge in [0, 0.05) is 30.6 Å². The SMILES string of the molecule is C=C(F)C(=O)N1CCN(c2nc(OCC34CCCN3CCC4)nc3c(F)c(-c4cccc5c4CCCC5)ccc23)C[C@@H]1CC#N. The van der Waals surface area contributed by atoms with E-state index in [-0.39, 0.29) is 36.6 Å². The van der Waals surface area contributed by atoms with E-state index in [0.717, 1.165) is 70.0 Å². The maximum atomic E-state index is 16.7. The van der Waals surface area contributed by atoms with Gasteiger partial charge >= 0.3 is 6.01 Å². The van der Waals surface area contributed by atoms with Gasteiger partial charge in [-0.15, -0.1) is 0 Å². The average Bonchev–Trinajstić information content (AvgIpc) is 3.64. The molecule has 0 radical (unpaired) electrons. The van der Waals surface area contributed by atoms with Crippen molar-refractivity contribution in [2.24, 2.45) is 0 Å². The Balaban J connectivity index is 1.30. The molecule has 0 unspecified atom stereocenters. The van der Waals surface area contributed by atoms with Crippen LogP contribution < -0.4 is 9.64 Å². The number of carbonyl (C=O) groups excluding carboxylic acids is 1. The van der Waals surface area contributed by atoms with E-state index in [1.165, 1.54) is 16.0 Å². The molecule has 4 heterocycles. The molecule has 234 valence electrons. The fourth-order valence-corrected chi connectivity index (χ4v) is 8.08. The second-order valence-electron chi connectivity index (χ2n) is 12.9. The van der Waals surface area contributed by atoms with Crippen LogP contribution in [0.5, 0.6) is 6.01 Å². The average molecular weight is 613 g/mol. The Morgan fingerprint density at radius 1 is 1.04 bits per heavy atom. The highest BCUT2D eigenvalue weighted by Gasteiger charge is 2.45. The first-order valence-corrected chi connectivity index (χ1v) is 16.1. The Bertz CT molecular complexity index is 1690. The summed E-state index contributed by atoms with van der Waals surface area (Å²) in [5, 5.41) is 10.0. The number of hydrogen-bond acceptors (Lipinski definition) is 7. The first-order chi connectivity index (χ1) is 21.9. The third-order valence-electron chi connectivity index (χ3n) is 10.3. The van der Waals surface area contributed by atoms with Gasteiger partial charge in [0.05, 0.1) is 24.1 Å². The van der Waals surface area contributed by atoms with Gasteiger partial charge in [0.2, 0.25) is 0 Å². The molecule has 10 heteroatoms. The Morgan fingerprint density at radius 2 is 1.84 bits per heavy atom. The molecule has 0 saturated carbocycles. The summed E-state index contributed by atoms with van der Waals surface area (Å²) in [5.41, 5.74) is 4.01. The summed E-state index contributed by atoms with van der Waals surface area (Å²) in [4.78, 5) is 27.8. The number of anilines is 1. The van der Waals surface area contributed by atoms with E-state index in [1.54, 1.807) is 0 Å². The van der Waals surface area contributed by atoms with Crippen molar-refractivity contribution in [1.29, 1.82) is 5.26 Å². The topological polar surface area (TPSA) is 85.6 Å². The minimum absolute atomic E-state index is 0.0118. The van der Waals surface area contributed by atoms with E-state index in [4.69, 9.17) is 14.7 Å². The number of aryl methyl sites for hydroxylation is 1. The molecule has 4 aliphatic rings. The van der Waals surface area contributed by atoms with Crippen LogP contribution in [0.1, 0.15) is 56.1 Å². The second kappa shape index (κ2) is 12.0. The lowest BCUT2D eigenvalue weighted by molar-refractivity contribution is -0.131. The van der Waals surface area contributed by atoms with Gasteiger partial charge in [0.25, 0.3) is 5.91 Å². The summed E-state index contributed by atoms with van der Waals surface area (Å²) >= 11 is 0. The van der Waals surface area contributed by atoms with Crippen LogP contribution in [0.4, 0.5) is 14.6 Å². The van der Waals surface area contributed by atoms with Crippen LogP contribution in [-0.4, -0.2) is 76.6 Å². The molecule has 1 amide bonds. The van der Waals surface area contributed by atoms with Gasteiger partial charge in [-0.3, -0.25) is 9.69 Å². The highest BCUT2D eigenvalue weighted by atomic mass is 19.1. The van der Waals surface area contributed by atoms with Crippen LogP contribution in [-0.2, 0) is 17.6 Å². The minimum atomic E-state index is -1.06.